The summed E-state index contributed by atoms with van der Waals surface area (Å²) < 4.78 is 25.2. The Bertz CT molecular complexity index is 3660. The first-order chi connectivity index (χ1) is 39.1. The molecule has 8 aromatic rings. The van der Waals surface area contributed by atoms with Gasteiger partial charge in [-0.1, -0.05) is 82.6 Å². The number of nitrogens with zero attached hydrogens (tertiary/aromatic N) is 2. The molecule has 0 saturated heterocycles. The van der Waals surface area contributed by atoms with Crippen molar-refractivity contribution >= 4 is 46.6 Å². The summed E-state index contributed by atoms with van der Waals surface area (Å²) in [4.78, 5) is 77.7. The molecule has 0 saturated carbocycles. The number of hydrogen-bond acceptors (Lipinski definition) is 10. The van der Waals surface area contributed by atoms with Gasteiger partial charge in [-0.15, -0.1) is 0 Å². The van der Waals surface area contributed by atoms with E-state index in [2.05, 4.69) is 64.1 Å². The molecule has 0 radical (unpaired) electrons. The topological polar surface area (TPSA) is 146 Å². The summed E-state index contributed by atoms with van der Waals surface area (Å²) in [6.07, 6.45) is 7.08. The van der Waals surface area contributed by atoms with Gasteiger partial charge in [0.2, 0.25) is 0 Å². The lowest BCUT2D eigenvalue weighted by Crippen LogP contribution is -2.31. The van der Waals surface area contributed by atoms with Crippen LogP contribution >= 0.6 is 0 Å². The SMILES string of the molecule is CCCC(C)(Oc1ccc(C(=O)c2ccc(Oc3ccc(C(C)(C)c4ccc(C(CC)Oc5ccc(C(=O)c6ccc(Oc7ccc(N8C(=O)C=CC8=O)cc7)cc6)cc5)cc4)cc3)cc2)cc1)c1ccc(N2C(=O)C=CC2=O)cc1. The van der Waals surface area contributed by atoms with E-state index in [9.17, 15) is 28.8 Å². The van der Waals surface area contributed by atoms with Gasteiger partial charge in [0.1, 0.15) is 46.2 Å². The molecule has 404 valence electrons. The third kappa shape index (κ3) is 11.9. The van der Waals surface area contributed by atoms with Crippen molar-refractivity contribution in [1.82, 2.24) is 0 Å². The van der Waals surface area contributed by atoms with Gasteiger partial charge in [0, 0.05) is 52.0 Å². The largest absolute Gasteiger partial charge is 0.486 e. The van der Waals surface area contributed by atoms with Crippen LogP contribution in [0.4, 0.5) is 11.4 Å². The summed E-state index contributed by atoms with van der Waals surface area (Å²) in [5, 5.41) is 0. The molecule has 0 fully saturated rings. The zero-order chi connectivity index (χ0) is 56.8. The molecule has 10 rings (SSSR count). The van der Waals surface area contributed by atoms with Gasteiger partial charge in [-0.3, -0.25) is 28.8 Å². The van der Waals surface area contributed by atoms with Crippen LogP contribution in [-0.4, -0.2) is 35.2 Å². The van der Waals surface area contributed by atoms with Crippen molar-refractivity contribution in [3.8, 4) is 34.5 Å². The van der Waals surface area contributed by atoms with E-state index in [-0.39, 0.29) is 34.9 Å². The van der Waals surface area contributed by atoms with Gasteiger partial charge in [0.15, 0.2) is 11.6 Å². The molecule has 4 amide bonds. The number of ether oxygens (including phenoxy) is 4. The highest BCUT2D eigenvalue weighted by molar-refractivity contribution is 6.28. The Morgan fingerprint density at radius 1 is 0.407 bits per heavy atom. The van der Waals surface area contributed by atoms with Crippen molar-refractivity contribution < 1.29 is 47.7 Å². The standard InChI is InChI=1S/C69H58N2O10/c1-6-44-69(5,52-20-24-53(25-21-52)70-62(72)40-41-63(70)73)81-60-34-16-49(17-35-60)67(77)47-10-28-55(29-11-47)78-57-36-22-51(23-37-57)68(3,4)50-18-8-45(9-19-50)61(7-2)80-59-32-14-48(15-33-59)66(76)46-12-30-56(31-13-46)79-58-38-26-54(27-39-58)71-64(74)42-43-65(71)75/h8-43,61H,6-7,44H2,1-5H3. The summed E-state index contributed by atoms with van der Waals surface area (Å²) in [7, 11) is 0. The number of amides is 4. The lowest BCUT2D eigenvalue weighted by Gasteiger charge is -2.31. The molecular formula is C69H58N2O10. The van der Waals surface area contributed by atoms with E-state index in [1.54, 1.807) is 121 Å². The van der Waals surface area contributed by atoms with Crippen molar-refractivity contribution in [2.75, 3.05) is 9.80 Å². The molecule has 8 aromatic carbocycles. The maximum absolute atomic E-state index is 13.6. The van der Waals surface area contributed by atoms with E-state index in [0.29, 0.717) is 74.5 Å². The Hall–Kier alpha value is -9.94. The fraction of sp³-hybridized carbons (Fsp3) is 0.159. The number of anilines is 2. The van der Waals surface area contributed by atoms with Crippen LogP contribution in [0.1, 0.15) is 114 Å². The number of rotatable bonds is 21. The van der Waals surface area contributed by atoms with E-state index in [1.165, 1.54) is 24.3 Å². The number of carbonyl (C=O) groups excluding carboxylic acids is 6. The fourth-order valence-electron chi connectivity index (χ4n) is 10.0. The van der Waals surface area contributed by atoms with Crippen molar-refractivity contribution in [1.29, 1.82) is 0 Å². The second kappa shape index (κ2) is 23.2. The van der Waals surface area contributed by atoms with Crippen molar-refractivity contribution in [2.24, 2.45) is 0 Å². The number of hydrogen-bond donors (Lipinski definition) is 0. The molecule has 0 spiro atoms. The van der Waals surface area contributed by atoms with Crippen LogP contribution in [0.5, 0.6) is 34.5 Å². The first-order valence-electron chi connectivity index (χ1n) is 26.8. The third-order valence-electron chi connectivity index (χ3n) is 14.7. The minimum Gasteiger partial charge on any atom is -0.486 e. The van der Waals surface area contributed by atoms with Crippen molar-refractivity contribution in [3.05, 3.63) is 263 Å². The highest BCUT2D eigenvalue weighted by Gasteiger charge is 2.31. The fourth-order valence-corrected chi connectivity index (χ4v) is 10.0. The van der Waals surface area contributed by atoms with Gasteiger partial charge in [-0.2, -0.15) is 0 Å². The van der Waals surface area contributed by atoms with Crippen LogP contribution in [0.25, 0.3) is 0 Å². The molecule has 0 bridgehead atoms. The van der Waals surface area contributed by atoms with Crippen LogP contribution in [-0.2, 0) is 30.2 Å². The van der Waals surface area contributed by atoms with Crippen LogP contribution in [0.3, 0.4) is 0 Å². The highest BCUT2D eigenvalue weighted by atomic mass is 16.5. The summed E-state index contributed by atoms with van der Waals surface area (Å²) in [6.45, 7) is 10.5. The molecular weight excluding hydrogens is 1020 g/mol. The zero-order valence-electron chi connectivity index (χ0n) is 45.5. The molecule has 81 heavy (non-hydrogen) atoms. The molecule has 2 unspecified atom stereocenters. The van der Waals surface area contributed by atoms with Gasteiger partial charge >= 0.3 is 0 Å². The number of imide groups is 2. The Labute approximate surface area is 470 Å². The molecule has 2 heterocycles. The maximum Gasteiger partial charge on any atom is 0.258 e. The molecule has 2 atom stereocenters. The molecule has 0 aromatic heterocycles. The first kappa shape index (κ1) is 54.4. The van der Waals surface area contributed by atoms with Crippen LogP contribution in [0, 0.1) is 0 Å². The Kier molecular flexibility index (Phi) is 15.6. The van der Waals surface area contributed by atoms with Crippen molar-refractivity contribution in [3.63, 3.8) is 0 Å². The highest BCUT2D eigenvalue weighted by Crippen LogP contribution is 2.37. The van der Waals surface area contributed by atoms with Gasteiger partial charge in [-0.25, -0.2) is 9.80 Å². The van der Waals surface area contributed by atoms with E-state index < -0.39 is 17.4 Å². The molecule has 0 N–H and O–H groups in total. The van der Waals surface area contributed by atoms with Crippen LogP contribution in [0.15, 0.2) is 218 Å². The third-order valence-corrected chi connectivity index (χ3v) is 14.7. The lowest BCUT2D eigenvalue weighted by molar-refractivity contribution is -0.121. The first-order valence-corrected chi connectivity index (χ1v) is 26.8. The Balaban J connectivity index is 0.700. The molecule has 12 nitrogen and oxygen atoms in total. The quantitative estimate of drug-likeness (QED) is 0.0503. The predicted molar refractivity (Wildman–Crippen MR) is 310 cm³/mol. The lowest BCUT2D eigenvalue weighted by atomic mass is 9.78. The zero-order valence-corrected chi connectivity index (χ0v) is 45.5. The van der Waals surface area contributed by atoms with Crippen LogP contribution < -0.4 is 28.7 Å². The monoisotopic (exact) mass is 1070 g/mol. The summed E-state index contributed by atoms with van der Waals surface area (Å²) in [5.74, 6) is 1.77. The van der Waals surface area contributed by atoms with E-state index >= 15 is 0 Å². The minimum atomic E-state index is -0.700. The van der Waals surface area contributed by atoms with E-state index in [1.807, 2.05) is 43.3 Å². The van der Waals surface area contributed by atoms with Gasteiger partial charge < -0.3 is 18.9 Å². The van der Waals surface area contributed by atoms with Crippen molar-refractivity contribution in [2.45, 2.75) is 71.0 Å². The summed E-state index contributed by atoms with van der Waals surface area (Å²) in [6, 6.07) is 58.6. The maximum atomic E-state index is 13.6. The number of carbonyl (C=O) groups is 6. The normalized spacial score (nSPS) is 14.2. The van der Waals surface area contributed by atoms with Gasteiger partial charge in [0.25, 0.3) is 23.6 Å². The predicted octanol–water partition coefficient (Wildman–Crippen LogP) is 14.5. The average Bonchev–Trinajstić information content (AvgIpc) is 4.13. The smallest absolute Gasteiger partial charge is 0.258 e. The number of benzene rings is 8. The molecule has 0 aliphatic carbocycles. The second-order valence-electron chi connectivity index (χ2n) is 20.6. The number of ketones is 2. The van der Waals surface area contributed by atoms with E-state index in [4.69, 9.17) is 18.9 Å². The molecule has 2 aliphatic rings. The van der Waals surface area contributed by atoms with Gasteiger partial charge in [0.05, 0.1) is 11.4 Å². The molecule has 12 heteroatoms. The Morgan fingerprint density at radius 2 is 0.728 bits per heavy atom. The molecule has 2 aliphatic heterocycles. The Morgan fingerprint density at radius 3 is 1.11 bits per heavy atom. The van der Waals surface area contributed by atoms with Gasteiger partial charge in [-0.05, 0) is 188 Å². The second-order valence-corrected chi connectivity index (χ2v) is 20.6. The van der Waals surface area contributed by atoms with E-state index in [0.717, 1.165) is 44.9 Å². The summed E-state index contributed by atoms with van der Waals surface area (Å²) >= 11 is 0. The van der Waals surface area contributed by atoms with Crippen LogP contribution in [0.2, 0.25) is 0 Å². The summed E-state index contributed by atoms with van der Waals surface area (Å²) in [5.41, 5.74) is 6.15. The minimum absolute atomic E-state index is 0.133. The average molecular weight is 1080 g/mol.